The number of carbonyl (C=O) groups excluding carboxylic acids is 1. The minimum absolute atomic E-state index is 0.223. The molecule has 1 aliphatic heterocycles. The lowest BCUT2D eigenvalue weighted by atomic mass is 9.95. The Morgan fingerprint density at radius 1 is 1.10 bits per heavy atom. The zero-order valence-corrected chi connectivity index (χ0v) is 17.8. The van der Waals surface area contributed by atoms with E-state index in [0.29, 0.717) is 6.54 Å². The largest absolute Gasteiger partial charge is 0.418 e. The second kappa shape index (κ2) is 7.44. The summed E-state index contributed by atoms with van der Waals surface area (Å²) in [6.45, 7) is 2.30. The monoisotopic (exact) mass is 445 g/mol. The highest BCUT2D eigenvalue weighted by Crippen LogP contribution is 2.42. The third kappa shape index (κ3) is 3.43. The van der Waals surface area contributed by atoms with Gasteiger partial charge in [0.25, 0.3) is 0 Å². The number of hydrogen-bond acceptors (Lipinski definition) is 2. The van der Waals surface area contributed by atoms with Crippen molar-refractivity contribution < 1.29 is 18.0 Å². The van der Waals surface area contributed by atoms with Crippen LogP contribution >= 0.6 is 11.3 Å². The van der Waals surface area contributed by atoms with E-state index in [9.17, 15) is 18.0 Å². The maximum Gasteiger partial charge on any atom is 0.418 e. The first-order chi connectivity index (χ1) is 14.8. The topological polar surface area (TPSA) is 37.3 Å². The van der Waals surface area contributed by atoms with Gasteiger partial charge in [-0.3, -0.25) is 0 Å². The predicted molar refractivity (Wildman–Crippen MR) is 115 cm³/mol. The Balaban J connectivity index is 1.54. The van der Waals surface area contributed by atoms with Crippen molar-refractivity contribution in [2.24, 2.45) is 0 Å². The van der Waals surface area contributed by atoms with Gasteiger partial charge >= 0.3 is 12.2 Å². The van der Waals surface area contributed by atoms with Gasteiger partial charge in [0, 0.05) is 22.3 Å². The van der Waals surface area contributed by atoms with Crippen molar-refractivity contribution in [1.82, 2.24) is 9.47 Å². The first kappa shape index (κ1) is 20.2. The number of nitrogens with zero attached hydrogens (tertiary/aromatic N) is 2. The molecule has 2 amide bonds. The normalized spacial score (nSPS) is 18.1. The molecule has 2 aliphatic rings. The first-order valence-corrected chi connectivity index (χ1v) is 11.2. The van der Waals surface area contributed by atoms with E-state index in [1.807, 2.05) is 25.3 Å². The van der Waals surface area contributed by atoms with Gasteiger partial charge in [0.15, 0.2) is 0 Å². The van der Waals surface area contributed by atoms with Crippen LogP contribution in [-0.2, 0) is 25.6 Å². The Labute approximate surface area is 182 Å². The van der Waals surface area contributed by atoms with E-state index in [-0.39, 0.29) is 11.7 Å². The molecule has 162 valence electrons. The summed E-state index contributed by atoms with van der Waals surface area (Å²) in [5, 5.41) is 3.66. The van der Waals surface area contributed by atoms with Gasteiger partial charge < -0.3 is 14.8 Å². The molecule has 0 saturated heterocycles. The van der Waals surface area contributed by atoms with E-state index >= 15 is 0 Å². The Morgan fingerprint density at radius 2 is 1.87 bits per heavy atom. The number of rotatable bonds is 1. The molecule has 1 aromatic carbocycles. The smallest absolute Gasteiger partial charge is 0.312 e. The lowest BCUT2D eigenvalue weighted by Crippen LogP contribution is -2.36. The number of fused-ring (bicyclic) bond motifs is 5. The van der Waals surface area contributed by atoms with E-state index in [1.54, 1.807) is 16.2 Å². The van der Waals surface area contributed by atoms with Crippen molar-refractivity contribution in [2.75, 3.05) is 5.32 Å². The number of aromatic nitrogens is 1. The minimum atomic E-state index is -4.54. The number of thiophene rings is 1. The summed E-state index contributed by atoms with van der Waals surface area (Å²) in [6, 6.07) is 8.22. The molecule has 0 spiro atoms. The van der Waals surface area contributed by atoms with Crippen molar-refractivity contribution in [3.8, 4) is 5.00 Å². The molecule has 2 aromatic heterocycles. The van der Waals surface area contributed by atoms with E-state index in [2.05, 4.69) is 9.88 Å². The predicted octanol–water partition coefficient (Wildman–Crippen LogP) is 6.55. The van der Waals surface area contributed by atoms with Crippen LogP contribution in [0.1, 0.15) is 53.1 Å². The molecule has 1 N–H and O–H groups in total. The number of halogens is 3. The van der Waals surface area contributed by atoms with Gasteiger partial charge in [0.1, 0.15) is 5.00 Å². The summed E-state index contributed by atoms with van der Waals surface area (Å²) < 4.78 is 42.4. The van der Waals surface area contributed by atoms with Crippen LogP contribution in [0.25, 0.3) is 5.00 Å². The molecule has 1 unspecified atom stereocenters. The van der Waals surface area contributed by atoms with Crippen molar-refractivity contribution in [1.29, 1.82) is 0 Å². The molecule has 8 heteroatoms. The van der Waals surface area contributed by atoms with Crippen molar-refractivity contribution in [3.05, 3.63) is 69.9 Å². The van der Waals surface area contributed by atoms with Gasteiger partial charge in [-0.05, 0) is 62.4 Å². The molecule has 4 nitrogen and oxygen atoms in total. The summed E-state index contributed by atoms with van der Waals surface area (Å²) in [5.74, 6) is 0. The molecule has 0 radical (unpaired) electrons. The third-order valence-electron chi connectivity index (χ3n) is 6.22. The lowest BCUT2D eigenvalue weighted by molar-refractivity contribution is -0.136. The lowest BCUT2D eigenvalue weighted by Gasteiger charge is -2.29. The van der Waals surface area contributed by atoms with Crippen molar-refractivity contribution >= 4 is 23.1 Å². The van der Waals surface area contributed by atoms with Gasteiger partial charge in [-0.25, -0.2) is 4.79 Å². The fourth-order valence-corrected chi connectivity index (χ4v) is 6.04. The number of amides is 2. The van der Waals surface area contributed by atoms with Crippen LogP contribution in [0.4, 0.5) is 23.7 Å². The summed E-state index contributed by atoms with van der Waals surface area (Å²) >= 11 is 1.78. The number of urea groups is 1. The summed E-state index contributed by atoms with van der Waals surface area (Å²) in [7, 11) is 0. The number of hydrogen-bond donors (Lipinski definition) is 1. The number of carbonyl (C=O) groups is 1. The molecule has 0 saturated carbocycles. The molecule has 5 rings (SSSR count). The molecular formula is C23H22F3N3OS. The van der Waals surface area contributed by atoms with Crippen molar-refractivity contribution in [2.45, 2.75) is 51.4 Å². The van der Waals surface area contributed by atoms with Gasteiger partial charge in [-0.1, -0.05) is 12.1 Å². The fourth-order valence-electron chi connectivity index (χ4n) is 4.63. The van der Waals surface area contributed by atoms with Crippen LogP contribution in [0.15, 0.2) is 42.6 Å². The molecule has 1 atom stereocenters. The van der Waals surface area contributed by atoms with Gasteiger partial charge in [0.2, 0.25) is 0 Å². The highest BCUT2D eigenvalue weighted by Gasteiger charge is 2.36. The summed E-state index contributed by atoms with van der Waals surface area (Å²) in [5.41, 5.74) is 2.33. The third-order valence-corrected chi connectivity index (χ3v) is 7.55. The van der Waals surface area contributed by atoms with Crippen LogP contribution in [0, 0.1) is 0 Å². The number of para-hydroxylation sites is 1. The standard InChI is InChI=1S/C23H22F3N3OS/c1-14-19-10-6-12-28(19)21-16(15-7-2-5-11-20(15)31-21)13-29(14)22(30)27-18-9-4-3-8-17(18)23(24,25)26/h3-4,6,8-10,12,14H,2,5,7,11,13H2,1H3,(H,27,30). The second-order valence-corrected chi connectivity index (χ2v) is 9.16. The summed E-state index contributed by atoms with van der Waals surface area (Å²) in [6.07, 6.45) is 1.79. The molecule has 0 fully saturated rings. The zero-order chi connectivity index (χ0) is 21.8. The molecule has 3 heterocycles. The van der Waals surface area contributed by atoms with E-state index < -0.39 is 17.8 Å². The zero-order valence-electron chi connectivity index (χ0n) is 17.0. The van der Waals surface area contributed by atoms with Crippen LogP contribution in [0.3, 0.4) is 0 Å². The number of aryl methyl sites for hydroxylation is 1. The maximum atomic E-state index is 13.4. The number of nitrogens with one attached hydrogen (secondary N) is 1. The van der Waals surface area contributed by atoms with E-state index in [1.165, 1.54) is 35.1 Å². The highest BCUT2D eigenvalue weighted by atomic mass is 32.1. The quantitative estimate of drug-likeness (QED) is 0.453. The maximum absolute atomic E-state index is 13.4. The van der Waals surface area contributed by atoms with Gasteiger partial charge in [-0.15, -0.1) is 11.3 Å². The van der Waals surface area contributed by atoms with Crippen LogP contribution < -0.4 is 5.32 Å². The Hall–Kier alpha value is -2.74. The van der Waals surface area contributed by atoms with Crippen molar-refractivity contribution in [3.63, 3.8) is 0 Å². The molecule has 3 aromatic rings. The molecule has 0 bridgehead atoms. The fraction of sp³-hybridized carbons (Fsp3) is 0.348. The SMILES string of the molecule is CC1c2cccn2-c2sc3c(c2CN1C(=O)Nc1ccccc1C(F)(F)F)CCCC3. The van der Waals surface area contributed by atoms with Crippen LogP contribution in [0.2, 0.25) is 0 Å². The number of benzene rings is 1. The van der Waals surface area contributed by atoms with Crippen LogP contribution in [0.5, 0.6) is 0 Å². The van der Waals surface area contributed by atoms with Crippen LogP contribution in [-0.4, -0.2) is 15.5 Å². The average Bonchev–Trinajstić information content (AvgIpc) is 3.33. The number of anilines is 1. The Morgan fingerprint density at radius 3 is 2.68 bits per heavy atom. The molecular weight excluding hydrogens is 423 g/mol. The van der Waals surface area contributed by atoms with E-state index in [4.69, 9.17) is 0 Å². The Kier molecular flexibility index (Phi) is 4.84. The second-order valence-electron chi connectivity index (χ2n) is 8.08. The summed E-state index contributed by atoms with van der Waals surface area (Å²) in [4.78, 5) is 16.3. The molecule has 31 heavy (non-hydrogen) atoms. The average molecular weight is 446 g/mol. The Bertz CT molecular complexity index is 1150. The molecule has 1 aliphatic carbocycles. The highest BCUT2D eigenvalue weighted by molar-refractivity contribution is 7.15. The first-order valence-electron chi connectivity index (χ1n) is 10.4. The van der Waals surface area contributed by atoms with Gasteiger partial charge in [0.05, 0.1) is 23.8 Å². The number of alkyl halides is 3. The minimum Gasteiger partial charge on any atom is -0.312 e. The van der Waals surface area contributed by atoms with Gasteiger partial charge in [-0.2, -0.15) is 13.2 Å². The van der Waals surface area contributed by atoms with E-state index in [0.717, 1.165) is 41.6 Å².